The molecule has 0 radical (unpaired) electrons. The molecule has 1 N–H and O–H groups in total. The van der Waals surface area contributed by atoms with Crippen LogP contribution in [0.4, 0.5) is 5.69 Å². The fourth-order valence-corrected chi connectivity index (χ4v) is 1.41. The van der Waals surface area contributed by atoms with Gasteiger partial charge in [0.15, 0.2) is 5.75 Å². The molecule has 7 heteroatoms. The molecule has 1 aromatic carbocycles. The van der Waals surface area contributed by atoms with Crippen molar-refractivity contribution in [3.63, 3.8) is 0 Å². The van der Waals surface area contributed by atoms with Crippen molar-refractivity contribution < 1.29 is 24.3 Å². The smallest absolute Gasteiger partial charge is 0.314 e. The fourth-order valence-electron chi connectivity index (χ4n) is 1.41. The van der Waals surface area contributed by atoms with Crippen molar-refractivity contribution in [3.05, 3.63) is 28.3 Å². The van der Waals surface area contributed by atoms with Crippen molar-refractivity contribution in [2.24, 2.45) is 0 Å². The van der Waals surface area contributed by atoms with Crippen molar-refractivity contribution in [2.75, 3.05) is 7.11 Å². The Morgan fingerprint density at radius 3 is 2.72 bits per heavy atom. The molecule has 1 rings (SSSR count). The molecule has 0 saturated carbocycles. The minimum absolute atomic E-state index is 0.123. The summed E-state index contributed by atoms with van der Waals surface area (Å²) >= 11 is 0. The van der Waals surface area contributed by atoms with Gasteiger partial charge in [-0.2, -0.15) is 0 Å². The molecule has 1 aromatic rings. The minimum atomic E-state index is -0.995. The zero-order valence-electron chi connectivity index (χ0n) is 9.95. The maximum atomic E-state index is 10.8. The summed E-state index contributed by atoms with van der Waals surface area (Å²) in [7, 11) is 1.33. The Hall–Kier alpha value is -2.31. The molecule has 98 valence electrons. The molecular weight excluding hydrogens is 242 g/mol. The van der Waals surface area contributed by atoms with Gasteiger partial charge in [-0.3, -0.25) is 14.9 Å². The molecule has 0 amide bonds. The van der Waals surface area contributed by atoms with Gasteiger partial charge in [-0.1, -0.05) is 0 Å². The largest absolute Gasteiger partial charge is 0.490 e. The van der Waals surface area contributed by atoms with Gasteiger partial charge in [0.1, 0.15) is 11.9 Å². The van der Waals surface area contributed by atoms with E-state index < -0.39 is 17.0 Å². The molecule has 0 heterocycles. The number of nitro benzene ring substituents is 1. The standard InChI is InChI=1S/C11H13NO6/c1-7(5-11(13)14)18-8-3-4-10(17-2)9(6-8)12(15)16/h3-4,6-7H,5H2,1-2H3,(H,13,14)/t7-/m1/s1. The van der Waals surface area contributed by atoms with Gasteiger partial charge in [0, 0.05) is 0 Å². The van der Waals surface area contributed by atoms with E-state index in [0.29, 0.717) is 0 Å². The average molecular weight is 255 g/mol. The van der Waals surface area contributed by atoms with Crippen molar-refractivity contribution >= 4 is 11.7 Å². The summed E-state index contributed by atoms with van der Waals surface area (Å²) < 4.78 is 10.1. The van der Waals surface area contributed by atoms with Gasteiger partial charge >= 0.3 is 11.7 Å². The fraction of sp³-hybridized carbons (Fsp3) is 0.364. The number of hydrogen-bond donors (Lipinski definition) is 1. The first-order chi connectivity index (χ1) is 8.43. The summed E-state index contributed by atoms with van der Waals surface area (Å²) in [6.07, 6.45) is -0.754. The number of benzene rings is 1. The summed E-state index contributed by atoms with van der Waals surface area (Å²) in [6, 6.07) is 4.10. The van der Waals surface area contributed by atoms with Crippen LogP contribution in [0.2, 0.25) is 0 Å². The molecule has 1 atom stereocenters. The highest BCUT2D eigenvalue weighted by molar-refractivity contribution is 5.67. The number of carboxylic acid groups (broad SMARTS) is 1. The van der Waals surface area contributed by atoms with E-state index in [0.717, 1.165) is 0 Å². The maximum absolute atomic E-state index is 10.8. The van der Waals surface area contributed by atoms with Gasteiger partial charge in [0.25, 0.3) is 0 Å². The quantitative estimate of drug-likeness (QED) is 0.615. The van der Waals surface area contributed by atoms with Gasteiger partial charge < -0.3 is 14.6 Å². The van der Waals surface area contributed by atoms with Crippen LogP contribution in [0.3, 0.4) is 0 Å². The summed E-state index contributed by atoms with van der Waals surface area (Å²) in [4.78, 5) is 20.6. The summed E-state index contributed by atoms with van der Waals surface area (Å²) in [5, 5.41) is 19.4. The monoisotopic (exact) mass is 255 g/mol. The Morgan fingerprint density at radius 2 is 2.22 bits per heavy atom. The van der Waals surface area contributed by atoms with E-state index in [2.05, 4.69) is 0 Å². The van der Waals surface area contributed by atoms with E-state index in [-0.39, 0.29) is 23.6 Å². The third kappa shape index (κ3) is 3.62. The van der Waals surface area contributed by atoms with Gasteiger partial charge in [-0.25, -0.2) is 0 Å². The lowest BCUT2D eigenvalue weighted by molar-refractivity contribution is -0.385. The molecule has 0 spiro atoms. The molecule has 0 saturated heterocycles. The molecule has 0 unspecified atom stereocenters. The van der Waals surface area contributed by atoms with Crippen LogP contribution in [0.5, 0.6) is 11.5 Å². The van der Waals surface area contributed by atoms with Crippen LogP contribution in [-0.2, 0) is 4.79 Å². The van der Waals surface area contributed by atoms with Gasteiger partial charge in [-0.05, 0) is 19.1 Å². The number of carbonyl (C=O) groups is 1. The van der Waals surface area contributed by atoms with Crippen LogP contribution < -0.4 is 9.47 Å². The number of methoxy groups -OCH3 is 1. The topological polar surface area (TPSA) is 98.9 Å². The number of aliphatic carboxylic acids is 1. The molecule has 7 nitrogen and oxygen atoms in total. The summed E-state index contributed by atoms with van der Waals surface area (Å²) in [6.45, 7) is 1.57. The Morgan fingerprint density at radius 1 is 1.56 bits per heavy atom. The third-order valence-corrected chi connectivity index (χ3v) is 2.15. The van der Waals surface area contributed by atoms with E-state index in [9.17, 15) is 14.9 Å². The lowest BCUT2D eigenvalue weighted by Gasteiger charge is -2.12. The molecule has 0 aliphatic rings. The van der Waals surface area contributed by atoms with E-state index >= 15 is 0 Å². The maximum Gasteiger partial charge on any atom is 0.314 e. The SMILES string of the molecule is COc1ccc(O[C@H](C)CC(=O)O)cc1[N+](=O)[O-]. The normalized spacial score (nSPS) is 11.7. The van der Waals surface area contributed by atoms with Crippen LogP contribution in [0, 0.1) is 10.1 Å². The Labute approximate surface area is 103 Å². The number of rotatable bonds is 6. The lowest BCUT2D eigenvalue weighted by Crippen LogP contribution is -2.16. The van der Waals surface area contributed by atoms with Gasteiger partial charge in [0.2, 0.25) is 0 Å². The van der Waals surface area contributed by atoms with Gasteiger partial charge in [-0.15, -0.1) is 0 Å². The minimum Gasteiger partial charge on any atom is -0.490 e. The van der Waals surface area contributed by atoms with E-state index in [4.69, 9.17) is 14.6 Å². The Bertz CT molecular complexity index is 459. The third-order valence-electron chi connectivity index (χ3n) is 2.15. The van der Waals surface area contributed by atoms with E-state index in [1.807, 2.05) is 0 Å². The Kier molecular flexibility index (Phi) is 4.47. The number of ether oxygens (including phenoxy) is 2. The highest BCUT2D eigenvalue weighted by Crippen LogP contribution is 2.31. The second kappa shape index (κ2) is 5.85. The predicted molar refractivity (Wildman–Crippen MR) is 62.0 cm³/mol. The first-order valence-corrected chi connectivity index (χ1v) is 5.15. The van der Waals surface area contributed by atoms with Crippen molar-refractivity contribution in [1.82, 2.24) is 0 Å². The van der Waals surface area contributed by atoms with Crippen molar-refractivity contribution in [1.29, 1.82) is 0 Å². The zero-order valence-corrected chi connectivity index (χ0v) is 9.95. The molecule has 0 aliphatic heterocycles. The number of nitro groups is 1. The van der Waals surface area contributed by atoms with Crippen LogP contribution >= 0.6 is 0 Å². The summed E-state index contributed by atoms with van der Waals surface area (Å²) in [5.41, 5.74) is -0.225. The second-order valence-corrected chi connectivity index (χ2v) is 3.62. The molecule has 18 heavy (non-hydrogen) atoms. The van der Waals surface area contributed by atoms with Crippen molar-refractivity contribution in [3.8, 4) is 11.5 Å². The average Bonchev–Trinajstić information content (AvgIpc) is 2.27. The van der Waals surface area contributed by atoms with Crippen LogP contribution in [0.25, 0.3) is 0 Å². The van der Waals surface area contributed by atoms with E-state index in [1.54, 1.807) is 6.92 Å². The molecule has 0 bridgehead atoms. The predicted octanol–water partition coefficient (Wildman–Crippen LogP) is 1.85. The van der Waals surface area contributed by atoms with Crippen LogP contribution in [0.15, 0.2) is 18.2 Å². The number of carboxylic acids is 1. The first-order valence-electron chi connectivity index (χ1n) is 5.15. The highest BCUT2D eigenvalue weighted by Gasteiger charge is 2.17. The number of hydrogen-bond acceptors (Lipinski definition) is 5. The van der Waals surface area contributed by atoms with Crippen LogP contribution in [0.1, 0.15) is 13.3 Å². The molecule has 0 fully saturated rings. The van der Waals surface area contributed by atoms with Crippen molar-refractivity contribution in [2.45, 2.75) is 19.4 Å². The first kappa shape index (κ1) is 13.8. The van der Waals surface area contributed by atoms with Gasteiger partial charge in [0.05, 0.1) is 24.5 Å². The van der Waals surface area contributed by atoms with E-state index in [1.165, 1.54) is 25.3 Å². The lowest BCUT2D eigenvalue weighted by atomic mass is 10.2. The molecule has 0 aromatic heterocycles. The second-order valence-electron chi connectivity index (χ2n) is 3.62. The highest BCUT2D eigenvalue weighted by atomic mass is 16.6. The summed E-state index contributed by atoms with van der Waals surface area (Å²) in [5.74, 6) is -0.639. The number of nitrogens with zero attached hydrogens (tertiary/aromatic N) is 1. The molecular formula is C11H13NO6. The zero-order chi connectivity index (χ0) is 13.7. The Balaban J connectivity index is 2.88. The van der Waals surface area contributed by atoms with Crippen LogP contribution in [-0.4, -0.2) is 29.2 Å². The molecule has 0 aliphatic carbocycles.